The molecule has 0 spiro atoms. The summed E-state index contributed by atoms with van der Waals surface area (Å²) in [5.41, 5.74) is -1.83. The highest BCUT2D eigenvalue weighted by atomic mass is 35.5. The summed E-state index contributed by atoms with van der Waals surface area (Å²) in [6.07, 6.45) is 0.800. The topological polar surface area (TPSA) is 125 Å². The van der Waals surface area contributed by atoms with Crippen LogP contribution in [0.1, 0.15) is 0 Å². The number of anilines is 1. The molecule has 8 nitrogen and oxygen atoms in total. The fourth-order valence-corrected chi connectivity index (χ4v) is 2.43. The Kier molecular flexibility index (Phi) is 3.40. The lowest BCUT2D eigenvalue weighted by atomic mass is 10.5. The van der Waals surface area contributed by atoms with Crippen molar-refractivity contribution in [1.29, 1.82) is 0 Å². The van der Waals surface area contributed by atoms with E-state index in [4.69, 9.17) is 11.6 Å². The van der Waals surface area contributed by atoms with Gasteiger partial charge < -0.3 is 4.98 Å². The van der Waals surface area contributed by atoms with Gasteiger partial charge in [0.15, 0.2) is 4.90 Å². The van der Waals surface area contributed by atoms with Gasteiger partial charge in [0.2, 0.25) is 0 Å². The van der Waals surface area contributed by atoms with Gasteiger partial charge in [0, 0.05) is 6.20 Å². The van der Waals surface area contributed by atoms with Crippen LogP contribution >= 0.6 is 11.6 Å². The summed E-state index contributed by atoms with van der Waals surface area (Å²) < 4.78 is 25.9. The van der Waals surface area contributed by atoms with Crippen molar-refractivity contribution in [2.24, 2.45) is 0 Å². The molecule has 0 bridgehead atoms. The lowest BCUT2D eigenvalue weighted by Gasteiger charge is -2.05. The molecule has 3 N–H and O–H groups in total. The summed E-state index contributed by atoms with van der Waals surface area (Å²) >= 11 is 5.61. The fourth-order valence-electron chi connectivity index (χ4n) is 1.25. The predicted octanol–water partition coefficient (Wildman–Crippen LogP) is -0.0876. The zero-order valence-corrected chi connectivity index (χ0v) is 10.7. The normalized spacial score (nSPS) is 11.2. The zero-order valence-electron chi connectivity index (χ0n) is 9.18. The van der Waals surface area contributed by atoms with Gasteiger partial charge in [-0.15, -0.1) is 0 Å². The molecule has 0 unspecified atom stereocenters. The van der Waals surface area contributed by atoms with Crippen molar-refractivity contribution >= 4 is 27.4 Å². The van der Waals surface area contributed by atoms with Gasteiger partial charge in [-0.1, -0.05) is 17.7 Å². The molecule has 0 radical (unpaired) electrons. The van der Waals surface area contributed by atoms with Crippen molar-refractivity contribution in [3.05, 3.63) is 50.4 Å². The van der Waals surface area contributed by atoms with E-state index in [1.807, 2.05) is 4.98 Å². The van der Waals surface area contributed by atoms with Gasteiger partial charge in [-0.3, -0.25) is 14.5 Å². The van der Waals surface area contributed by atoms with Gasteiger partial charge in [-0.25, -0.2) is 18.2 Å². The smallest absolute Gasteiger partial charge is 0.313 e. The molecule has 10 heteroatoms. The summed E-state index contributed by atoms with van der Waals surface area (Å²) in [6.45, 7) is 0. The van der Waals surface area contributed by atoms with Crippen molar-refractivity contribution in [3.8, 4) is 0 Å². The van der Waals surface area contributed by atoms with Crippen molar-refractivity contribution in [2.75, 3.05) is 4.72 Å². The van der Waals surface area contributed by atoms with Gasteiger partial charge in [0.25, 0.3) is 15.6 Å². The molecule has 0 aliphatic heterocycles. The average Bonchev–Trinajstić information content (AvgIpc) is 2.27. The Balaban J connectivity index is 2.43. The third-order valence-corrected chi connectivity index (χ3v) is 3.60. The average molecular weight is 303 g/mol. The van der Waals surface area contributed by atoms with Crippen LogP contribution in [-0.4, -0.2) is 23.4 Å². The number of pyridine rings is 1. The van der Waals surface area contributed by atoms with Crippen molar-refractivity contribution in [2.45, 2.75) is 4.90 Å². The molecule has 2 aromatic heterocycles. The van der Waals surface area contributed by atoms with Crippen molar-refractivity contribution in [3.63, 3.8) is 0 Å². The van der Waals surface area contributed by atoms with Crippen LogP contribution in [0, 0.1) is 0 Å². The summed E-state index contributed by atoms with van der Waals surface area (Å²) in [4.78, 5) is 29.2. The van der Waals surface area contributed by atoms with Crippen LogP contribution in [0.3, 0.4) is 0 Å². The SMILES string of the molecule is O=c1[nH]cc(S(=O)(=O)Nc2cccc(Cl)n2)c(=O)[nH]1. The summed E-state index contributed by atoms with van der Waals surface area (Å²) in [5.74, 6) is -0.0434. The molecule has 2 heterocycles. The molecule has 100 valence electrons. The van der Waals surface area contributed by atoms with E-state index in [9.17, 15) is 18.0 Å². The zero-order chi connectivity index (χ0) is 14.0. The highest BCUT2D eigenvalue weighted by Gasteiger charge is 2.19. The summed E-state index contributed by atoms with van der Waals surface area (Å²) in [7, 11) is -4.16. The number of halogens is 1. The molecule has 0 aliphatic carbocycles. The number of sulfonamides is 1. The van der Waals surface area contributed by atoms with Crippen LogP contribution in [0.4, 0.5) is 5.82 Å². The minimum atomic E-state index is -4.16. The molecule has 0 saturated carbocycles. The van der Waals surface area contributed by atoms with Gasteiger partial charge in [0.05, 0.1) is 0 Å². The lowest BCUT2D eigenvalue weighted by molar-refractivity contribution is 0.599. The third-order valence-electron chi connectivity index (χ3n) is 2.03. The standard InChI is InChI=1S/C9H7ClN4O4S/c10-6-2-1-3-7(12-6)14-19(17,18)5-4-11-9(16)13-8(5)15/h1-4H,(H,12,14)(H2,11,13,15,16). The quantitative estimate of drug-likeness (QED) is 0.683. The van der Waals surface area contributed by atoms with E-state index < -0.39 is 26.2 Å². The number of hydrogen-bond donors (Lipinski definition) is 3. The Morgan fingerprint density at radius 1 is 1.26 bits per heavy atom. The maximum Gasteiger partial charge on any atom is 0.325 e. The van der Waals surface area contributed by atoms with Crippen LogP contribution in [-0.2, 0) is 10.0 Å². The highest BCUT2D eigenvalue weighted by molar-refractivity contribution is 7.92. The van der Waals surface area contributed by atoms with E-state index in [0.29, 0.717) is 0 Å². The summed E-state index contributed by atoms with van der Waals surface area (Å²) in [5, 5.41) is 0.0931. The maximum atomic E-state index is 11.9. The minimum absolute atomic E-state index is 0.0434. The second-order valence-corrected chi connectivity index (χ2v) is 5.43. The molecule has 0 saturated heterocycles. The maximum absolute atomic E-state index is 11.9. The van der Waals surface area contributed by atoms with E-state index in [0.717, 1.165) is 6.20 Å². The number of nitrogens with one attached hydrogen (secondary N) is 3. The Labute approximate surface area is 111 Å². The molecule has 19 heavy (non-hydrogen) atoms. The van der Waals surface area contributed by atoms with E-state index >= 15 is 0 Å². The second kappa shape index (κ2) is 4.86. The first-order valence-electron chi connectivity index (χ1n) is 4.86. The van der Waals surface area contributed by atoms with Crippen molar-refractivity contribution < 1.29 is 8.42 Å². The van der Waals surface area contributed by atoms with Gasteiger partial charge >= 0.3 is 5.69 Å². The van der Waals surface area contributed by atoms with E-state index in [2.05, 4.69) is 14.7 Å². The van der Waals surface area contributed by atoms with Crippen LogP contribution < -0.4 is 16.0 Å². The first-order chi connectivity index (χ1) is 8.88. The van der Waals surface area contributed by atoms with E-state index in [1.165, 1.54) is 18.2 Å². The number of H-pyrrole nitrogens is 2. The monoisotopic (exact) mass is 302 g/mol. The number of rotatable bonds is 3. The molecule has 2 aromatic rings. The molecule has 0 atom stereocenters. The first-order valence-corrected chi connectivity index (χ1v) is 6.72. The molecular formula is C9H7ClN4O4S. The van der Waals surface area contributed by atoms with Gasteiger partial charge in [-0.2, -0.15) is 0 Å². The minimum Gasteiger partial charge on any atom is -0.313 e. The summed E-state index contributed by atoms with van der Waals surface area (Å²) in [6, 6.07) is 4.32. The van der Waals surface area contributed by atoms with Gasteiger partial charge in [-0.05, 0) is 12.1 Å². The Hall–Kier alpha value is -2.13. The van der Waals surface area contributed by atoms with Crippen molar-refractivity contribution in [1.82, 2.24) is 15.0 Å². The second-order valence-electron chi connectivity index (χ2n) is 3.39. The molecule has 2 rings (SSSR count). The number of nitrogens with zero attached hydrogens (tertiary/aromatic N) is 1. The third kappa shape index (κ3) is 3.01. The Morgan fingerprint density at radius 2 is 2.00 bits per heavy atom. The first kappa shape index (κ1) is 13.3. The Bertz CT molecular complexity index is 826. The van der Waals surface area contributed by atoms with Crippen LogP contribution in [0.2, 0.25) is 5.15 Å². The predicted molar refractivity (Wildman–Crippen MR) is 67.7 cm³/mol. The fraction of sp³-hybridized carbons (Fsp3) is 0. The lowest BCUT2D eigenvalue weighted by Crippen LogP contribution is -2.29. The molecule has 0 aromatic carbocycles. The van der Waals surface area contributed by atoms with E-state index in [1.54, 1.807) is 0 Å². The molecule has 0 amide bonds. The Morgan fingerprint density at radius 3 is 2.63 bits per heavy atom. The highest BCUT2D eigenvalue weighted by Crippen LogP contribution is 2.12. The number of hydrogen-bond acceptors (Lipinski definition) is 5. The molecular weight excluding hydrogens is 296 g/mol. The van der Waals surface area contributed by atoms with Crippen LogP contribution in [0.25, 0.3) is 0 Å². The van der Waals surface area contributed by atoms with Gasteiger partial charge in [0.1, 0.15) is 11.0 Å². The van der Waals surface area contributed by atoms with E-state index in [-0.39, 0.29) is 11.0 Å². The number of aromatic amines is 2. The molecule has 0 aliphatic rings. The van der Waals surface area contributed by atoms with Crippen LogP contribution in [0.5, 0.6) is 0 Å². The number of aromatic nitrogens is 3. The molecule has 0 fully saturated rings. The largest absolute Gasteiger partial charge is 0.325 e. The van der Waals surface area contributed by atoms with Crippen LogP contribution in [0.15, 0.2) is 38.9 Å².